The monoisotopic (exact) mass is 250 g/mol. The first-order valence-corrected chi connectivity index (χ1v) is 5.48. The van der Waals surface area contributed by atoms with Crippen molar-refractivity contribution >= 4 is 21.7 Å². The zero-order valence-corrected chi connectivity index (χ0v) is 9.81. The number of ketones is 1. The summed E-state index contributed by atoms with van der Waals surface area (Å²) in [5.74, 6) is 0.188. The normalized spacial score (nSPS) is 20.5. The fraction of sp³-hybridized carbons (Fsp3) is 0.250. The van der Waals surface area contributed by atoms with Gasteiger partial charge >= 0.3 is 0 Å². The second-order valence-electron chi connectivity index (χ2n) is 3.50. The summed E-state index contributed by atoms with van der Waals surface area (Å²) in [4.78, 5) is 12.0. The Morgan fingerprint density at radius 1 is 1.29 bits per heavy atom. The Labute approximate surface area is 92.0 Å². The van der Waals surface area contributed by atoms with E-state index in [-0.39, 0.29) is 5.78 Å². The number of halogens is 1. The van der Waals surface area contributed by atoms with Crippen LogP contribution in [0.2, 0.25) is 0 Å². The minimum absolute atomic E-state index is 0.188. The summed E-state index contributed by atoms with van der Waals surface area (Å²) in [6.45, 7) is 4.02. The maximum absolute atomic E-state index is 12.0. The number of allylic oxidation sites excluding steroid dienone is 8. The molecule has 0 radical (unpaired) electrons. The van der Waals surface area contributed by atoms with E-state index in [1.165, 1.54) is 0 Å². The summed E-state index contributed by atoms with van der Waals surface area (Å²) >= 11 is 3.44. The molecule has 2 heteroatoms. The van der Waals surface area contributed by atoms with Gasteiger partial charge in [0.2, 0.25) is 0 Å². The SMILES string of the molecule is CCC1=C(C)C=C2C(Br)=CC=C2C1=O. The van der Waals surface area contributed by atoms with Gasteiger partial charge in [-0.15, -0.1) is 0 Å². The molecule has 0 saturated heterocycles. The molecule has 0 bridgehead atoms. The van der Waals surface area contributed by atoms with Crippen LogP contribution < -0.4 is 0 Å². The van der Waals surface area contributed by atoms with Crippen LogP contribution in [0.3, 0.4) is 0 Å². The van der Waals surface area contributed by atoms with E-state index in [9.17, 15) is 4.79 Å². The first kappa shape index (κ1) is 9.66. The van der Waals surface area contributed by atoms with Gasteiger partial charge in [0.15, 0.2) is 5.78 Å². The third-order valence-corrected chi connectivity index (χ3v) is 3.34. The van der Waals surface area contributed by atoms with Crippen LogP contribution in [0.25, 0.3) is 0 Å². The molecule has 0 amide bonds. The van der Waals surface area contributed by atoms with E-state index in [0.29, 0.717) is 0 Å². The van der Waals surface area contributed by atoms with Gasteiger partial charge in [0.25, 0.3) is 0 Å². The average Bonchev–Trinajstić information content (AvgIpc) is 2.49. The Bertz CT molecular complexity index is 433. The minimum Gasteiger partial charge on any atom is -0.289 e. The highest BCUT2D eigenvalue weighted by Gasteiger charge is 2.26. The smallest absolute Gasteiger partial charge is 0.189 e. The number of hydrogen-bond donors (Lipinski definition) is 0. The van der Waals surface area contributed by atoms with Crippen molar-refractivity contribution in [2.45, 2.75) is 20.3 Å². The molecule has 0 aromatic carbocycles. The Balaban J connectivity index is 2.55. The molecule has 14 heavy (non-hydrogen) atoms. The van der Waals surface area contributed by atoms with Crippen molar-refractivity contribution in [1.29, 1.82) is 0 Å². The van der Waals surface area contributed by atoms with Gasteiger partial charge < -0.3 is 0 Å². The number of fused-ring (bicyclic) bond motifs is 1. The van der Waals surface area contributed by atoms with Gasteiger partial charge in [0.1, 0.15) is 0 Å². The lowest BCUT2D eigenvalue weighted by molar-refractivity contribution is -0.112. The minimum atomic E-state index is 0.188. The summed E-state index contributed by atoms with van der Waals surface area (Å²) < 4.78 is 1.01. The second-order valence-corrected chi connectivity index (χ2v) is 4.35. The molecule has 0 aromatic heterocycles. The third kappa shape index (κ3) is 1.25. The van der Waals surface area contributed by atoms with Crippen LogP contribution in [-0.4, -0.2) is 5.78 Å². The van der Waals surface area contributed by atoms with Gasteiger partial charge in [0, 0.05) is 21.2 Å². The Hall–Kier alpha value is -0.890. The molecular weight excluding hydrogens is 240 g/mol. The van der Waals surface area contributed by atoms with Crippen molar-refractivity contribution in [3.05, 3.63) is 45.0 Å². The Morgan fingerprint density at radius 2 is 2.00 bits per heavy atom. The summed E-state index contributed by atoms with van der Waals surface area (Å²) in [7, 11) is 0. The van der Waals surface area contributed by atoms with E-state index < -0.39 is 0 Å². The molecule has 0 heterocycles. The van der Waals surface area contributed by atoms with Crippen molar-refractivity contribution < 1.29 is 4.79 Å². The van der Waals surface area contributed by atoms with Crippen LogP contribution in [-0.2, 0) is 4.79 Å². The van der Waals surface area contributed by atoms with E-state index in [2.05, 4.69) is 22.0 Å². The average molecular weight is 251 g/mol. The van der Waals surface area contributed by atoms with Crippen LogP contribution in [0.5, 0.6) is 0 Å². The van der Waals surface area contributed by atoms with Crippen LogP contribution in [0.15, 0.2) is 45.0 Å². The number of carbonyl (C=O) groups is 1. The summed E-state index contributed by atoms with van der Waals surface area (Å²) in [6.07, 6.45) is 6.72. The molecule has 1 nitrogen and oxygen atoms in total. The number of hydrogen-bond acceptors (Lipinski definition) is 1. The zero-order chi connectivity index (χ0) is 10.3. The summed E-state index contributed by atoms with van der Waals surface area (Å²) in [5.41, 5.74) is 3.90. The molecule has 72 valence electrons. The van der Waals surface area contributed by atoms with Crippen molar-refractivity contribution in [2.24, 2.45) is 0 Å². The highest BCUT2D eigenvalue weighted by Crippen LogP contribution is 2.37. The van der Waals surface area contributed by atoms with Crippen molar-refractivity contribution in [3.8, 4) is 0 Å². The summed E-state index contributed by atoms with van der Waals surface area (Å²) in [6, 6.07) is 0. The molecule has 0 unspecified atom stereocenters. The zero-order valence-electron chi connectivity index (χ0n) is 8.23. The third-order valence-electron chi connectivity index (χ3n) is 2.65. The van der Waals surface area contributed by atoms with Gasteiger partial charge in [-0.3, -0.25) is 4.79 Å². The van der Waals surface area contributed by atoms with Crippen LogP contribution in [0, 0.1) is 0 Å². The molecule has 0 spiro atoms. The quantitative estimate of drug-likeness (QED) is 0.697. The summed E-state index contributed by atoms with van der Waals surface area (Å²) in [5, 5.41) is 0. The van der Waals surface area contributed by atoms with E-state index in [0.717, 1.165) is 33.2 Å². The number of Topliss-reactive ketones (excluding diaryl/α,β-unsaturated/α-hetero) is 1. The lowest BCUT2D eigenvalue weighted by atomic mass is 9.88. The predicted octanol–water partition coefficient (Wildman–Crippen LogP) is 3.44. The largest absolute Gasteiger partial charge is 0.289 e. The molecule has 0 aromatic rings. The number of rotatable bonds is 1. The fourth-order valence-corrected chi connectivity index (χ4v) is 2.35. The van der Waals surface area contributed by atoms with Gasteiger partial charge in [0.05, 0.1) is 0 Å². The molecule has 2 aliphatic rings. The van der Waals surface area contributed by atoms with Crippen LogP contribution >= 0.6 is 15.9 Å². The van der Waals surface area contributed by atoms with Crippen molar-refractivity contribution in [3.63, 3.8) is 0 Å². The Morgan fingerprint density at radius 3 is 2.64 bits per heavy atom. The second kappa shape index (κ2) is 3.35. The topological polar surface area (TPSA) is 17.1 Å². The molecular formula is C12H11BrO. The van der Waals surface area contributed by atoms with E-state index in [1.54, 1.807) is 0 Å². The molecule has 2 rings (SSSR count). The van der Waals surface area contributed by atoms with Crippen LogP contribution in [0.4, 0.5) is 0 Å². The highest BCUT2D eigenvalue weighted by atomic mass is 79.9. The lowest BCUT2D eigenvalue weighted by Crippen LogP contribution is -2.12. The maximum atomic E-state index is 12.0. The molecule has 0 atom stereocenters. The van der Waals surface area contributed by atoms with Gasteiger partial charge in [-0.25, -0.2) is 0 Å². The van der Waals surface area contributed by atoms with E-state index in [1.807, 2.05) is 26.0 Å². The first-order valence-electron chi connectivity index (χ1n) is 4.69. The van der Waals surface area contributed by atoms with Gasteiger partial charge in [-0.2, -0.15) is 0 Å². The van der Waals surface area contributed by atoms with Crippen molar-refractivity contribution in [2.75, 3.05) is 0 Å². The highest BCUT2D eigenvalue weighted by molar-refractivity contribution is 9.12. The van der Waals surface area contributed by atoms with E-state index >= 15 is 0 Å². The van der Waals surface area contributed by atoms with Crippen LogP contribution in [0.1, 0.15) is 20.3 Å². The van der Waals surface area contributed by atoms with Gasteiger partial charge in [-0.1, -0.05) is 22.9 Å². The molecule has 0 saturated carbocycles. The first-order chi connectivity index (χ1) is 6.65. The standard InChI is InChI=1S/C12H11BrO/c1-3-8-7(2)6-10-9(12(8)14)4-5-11(10)13/h4-6H,3H2,1-2H3. The molecule has 2 aliphatic carbocycles. The van der Waals surface area contributed by atoms with E-state index in [4.69, 9.17) is 0 Å². The predicted molar refractivity (Wildman–Crippen MR) is 61.2 cm³/mol. The number of carbonyl (C=O) groups excluding carboxylic acids is 1. The molecule has 0 N–H and O–H groups in total. The van der Waals surface area contributed by atoms with Crippen molar-refractivity contribution in [1.82, 2.24) is 0 Å². The Kier molecular flexibility index (Phi) is 2.31. The maximum Gasteiger partial charge on any atom is 0.189 e. The fourth-order valence-electron chi connectivity index (χ4n) is 1.89. The van der Waals surface area contributed by atoms with Gasteiger partial charge in [-0.05, 0) is 37.1 Å². The molecule has 0 aliphatic heterocycles. The molecule has 0 fully saturated rings. The lowest BCUT2D eigenvalue weighted by Gasteiger charge is -2.16.